The van der Waals surface area contributed by atoms with Crippen LogP contribution in [0.25, 0.3) is 16.7 Å². The summed E-state index contributed by atoms with van der Waals surface area (Å²) in [7, 11) is -3.44. The van der Waals surface area contributed by atoms with E-state index in [2.05, 4.69) is 45.6 Å². The number of hydrogen-bond donors (Lipinski definition) is 4. The van der Waals surface area contributed by atoms with E-state index in [-0.39, 0.29) is 23.4 Å². The molecule has 14 heteroatoms. The van der Waals surface area contributed by atoms with Crippen molar-refractivity contribution in [2.45, 2.75) is 47.2 Å². The summed E-state index contributed by atoms with van der Waals surface area (Å²) < 4.78 is 36.3. The zero-order valence-electron chi connectivity index (χ0n) is 18.8. The van der Waals surface area contributed by atoms with Crippen LogP contribution in [0.3, 0.4) is 0 Å². The molecule has 2 aromatic heterocycles. The van der Waals surface area contributed by atoms with Crippen molar-refractivity contribution >= 4 is 52.2 Å². The third kappa shape index (κ3) is 6.11. The van der Waals surface area contributed by atoms with E-state index < -0.39 is 22.0 Å². The smallest absolute Gasteiger partial charge is 0.407 e. The maximum absolute atomic E-state index is 11.9. The van der Waals surface area contributed by atoms with Crippen molar-refractivity contribution < 1.29 is 22.7 Å². The Morgan fingerprint density at radius 2 is 1.91 bits per heavy atom. The number of amides is 1. The van der Waals surface area contributed by atoms with Crippen molar-refractivity contribution in [3.8, 4) is 11.6 Å². The summed E-state index contributed by atoms with van der Waals surface area (Å²) in [5.41, 5.74) is 6.72. The molecule has 0 aliphatic carbocycles. The second-order valence-electron chi connectivity index (χ2n) is 7.70. The summed E-state index contributed by atoms with van der Waals surface area (Å²) in [5.74, 6) is 0.269. The average Bonchev–Trinajstić information content (AvgIpc) is 3.16. The van der Waals surface area contributed by atoms with Crippen LogP contribution in [-0.4, -0.2) is 65.8 Å². The first-order valence-corrected chi connectivity index (χ1v) is 13.1. The van der Waals surface area contributed by atoms with Gasteiger partial charge in [0, 0.05) is 35.6 Å². The molecule has 34 heavy (non-hydrogen) atoms. The van der Waals surface area contributed by atoms with Crippen LogP contribution in [0.5, 0.6) is 5.88 Å². The van der Waals surface area contributed by atoms with Gasteiger partial charge in [0.2, 0.25) is 5.88 Å². The highest BCUT2D eigenvalue weighted by Crippen LogP contribution is 2.32. The number of thiol groups is 2. The Hall–Kier alpha value is -2.55. The molecule has 0 bridgehead atoms. The van der Waals surface area contributed by atoms with Crippen LogP contribution in [0.1, 0.15) is 20.3 Å². The SMILES string of the molecule is CC(C)OC(=O)NCCC(CN)Oc1ncnc2c1cnn2-c1c(S)cc(S(C)(=O)=O)cc1S. The number of nitrogens with two attached hydrogens (primary N) is 1. The molecule has 0 saturated heterocycles. The Balaban J connectivity index is 1.84. The minimum Gasteiger partial charge on any atom is -0.472 e. The van der Waals surface area contributed by atoms with Crippen molar-refractivity contribution in [3.05, 3.63) is 24.7 Å². The van der Waals surface area contributed by atoms with Gasteiger partial charge in [0.15, 0.2) is 15.5 Å². The van der Waals surface area contributed by atoms with Gasteiger partial charge in [-0.1, -0.05) is 0 Å². The first-order valence-electron chi connectivity index (χ1n) is 10.3. The number of fused-ring (bicyclic) bond motifs is 1. The molecule has 3 N–H and O–H groups in total. The van der Waals surface area contributed by atoms with Crippen LogP contribution >= 0.6 is 25.3 Å². The quantitative estimate of drug-likeness (QED) is 0.307. The Kier molecular flexibility index (Phi) is 8.28. The largest absolute Gasteiger partial charge is 0.472 e. The van der Waals surface area contributed by atoms with Gasteiger partial charge in [-0.3, -0.25) is 0 Å². The molecule has 3 rings (SSSR count). The molecule has 0 aliphatic heterocycles. The molecular formula is C20H26N6O5S3. The van der Waals surface area contributed by atoms with Gasteiger partial charge in [-0.25, -0.2) is 27.9 Å². The molecule has 11 nitrogen and oxygen atoms in total. The van der Waals surface area contributed by atoms with Gasteiger partial charge in [0.05, 0.1) is 22.9 Å². The Morgan fingerprint density at radius 3 is 2.50 bits per heavy atom. The highest BCUT2D eigenvalue weighted by atomic mass is 32.2. The number of ether oxygens (including phenoxy) is 2. The Labute approximate surface area is 208 Å². The standard InChI is InChI=1S/C20H26N6O5S3/c1-11(2)30-20(27)22-5-4-12(8-21)31-19-14-9-25-26(18(14)23-10-24-19)17-15(32)6-13(7-16(17)33)34(3,28)29/h6-7,9-12,32-33H,4-5,8,21H2,1-3H3,(H,22,27). The van der Waals surface area contributed by atoms with Crippen LogP contribution in [0.15, 0.2) is 39.3 Å². The number of aromatic nitrogens is 4. The highest BCUT2D eigenvalue weighted by molar-refractivity contribution is 7.90. The summed E-state index contributed by atoms with van der Waals surface area (Å²) in [5, 5.41) is 7.53. The van der Waals surface area contributed by atoms with Crippen molar-refractivity contribution in [1.82, 2.24) is 25.1 Å². The van der Waals surface area contributed by atoms with E-state index in [1.54, 1.807) is 13.8 Å². The summed E-state index contributed by atoms with van der Waals surface area (Å²) in [6, 6.07) is 2.86. The van der Waals surface area contributed by atoms with Gasteiger partial charge in [-0.15, -0.1) is 25.3 Å². The molecular weight excluding hydrogens is 500 g/mol. The number of benzene rings is 1. The lowest BCUT2D eigenvalue weighted by Gasteiger charge is -2.17. The Morgan fingerprint density at radius 1 is 1.24 bits per heavy atom. The lowest BCUT2D eigenvalue weighted by molar-refractivity contribution is 0.113. The van der Waals surface area contributed by atoms with Crippen LogP contribution in [0.4, 0.5) is 4.79 Å². The van der Waals surface area contributed by atoms with Crippen molar-refractivity contribution in [2.24, 2.45) is 5.73 Å². The van der Waals surface area contributed by atoms with Gasteiger partial charge >= 0.3 is 6.09 Å². The fourth-order valence-electron chi connectivity index (χ4n) is 3.06. The Bertz CT molecular complexity index is 1270. The van der Waals surface area contributed by atoms with Gasteiger partial charge < -0.3 is 20.5 Å². The van der Waals surface area contributed by atoms with Crippen LogP contribution in [-0.2, 0) is 14.6 Å². The van der Waals surface area contributed by atoms with Gasteiger partial charge in [0.25, 0.3) is 0 Å². The van der Waals surface area contributed by atoms with Gasteiger partial charge in [-0.05, 0) is 26.0 Å². The minimum atomic E-state index is -3.44. The molecule has 0 spiro atoms. The molecule has 1 atom stereocenters. The van der Waals surface area contributed by atoms with E-state index in [0.717, 1.165) is 6.26 Å². The number of carbonyl (C=O) groups excluding carboxylic acids is 1. The summed E-state index contributed by atoms with van der Waals surface area (Å²) in [4.78, 5) is 21.0. The first kappa shape index (κ1) is 26.1. The molecule has 1 aromatic carbocycles. The second-order valence-corrected chi connectivity index (χ2v) is 10.7. The van der Waals surface area contributed by atoms with Crippen molar-refractivity contribution in [2.75, 3.05) is 19.3 Å². The first-order chi connectivity index (χ1) is 16.0. The van der Waals surface area contributed by atoms with Crippen LogP contribution in [0, 0.1) is 0 Å². The molecule has 2 heterocycles. The maximum Gasteiger partial charge on any atom is 0.407 e. The second kappa shape index (κ2) is 10.8. The summed E-state index contributed by atoms with van der Waals surface area (Å²) in [6.07, 6.45) is 3.23. The zero-order valence-corrected chi connectivity index (χ0v) is 21.4. The number of sulfone groups is 1. The van der Waals surface area contributed by atoms with E-state index in [1.165, 1.54) is 29.3 Å². The van der Waals surface area contributed by atoms with E-state index in [4.69, 9.17) is 15.2 Å². The third-order valence-electron chi connectivity index (χ3n) is 4.63. The number of alkyl carbamates (subject to hydrolysis) is 1. The van der Waals surface area contributed by atoms with Gasteiger partial charge in [-0.2, -0.15) is 5.10 Å². The molecule has 184 valence electrons. The average molecular weight is 527 g/mol. The number of hydrogen-bond acceptors (Lipinski definition) is 11. The monoisotopic (exact) mass is 526 g/mol. The highest BCUT2D eigenvalue weighted by Gasteiger charge is 2.20. The summed E-state index contributed by atoms with van der Waals surface area (Å²) in [6.45, 7) is 4.02. The van der Waals surface area contributed by atoms with Crippen LogP contribution in [0.2, 0.25) is 0 Å². The fourth-order valence-corrected chi connectivity index (χ4v) is 4.70. The summed E-state index contributed by atoms with van der Waals surface area (Å²) >= 11 is 8.89. The van der Waals surface area contributed by atoms with E-state index in [9.17, 15) is 13.2 Å². The van der Waals surface area contributed by atoms with Crippen LogP contribution < -0.4 is 15.8 Å². The zero-order chi connectivity index (χ0) is 25.0. The molecule has 0 fully saturated rings. The molecule has 3 aromatic rings. The van der Waals surface area contributed by atoms with Crippen molar-refractivity contribution in [1.29, 1.82) is 0 Å². The molecule has 0 saturated carbocycles. The number of nitrogens with one attached hydrogen (secondary N) is 1. The third-order valence-corrected chi connectivity index (χ3v) is 6.41. The molecule has 0 aliphatic rings. The molecule has 1 unspecified atom stereocenters. The molecule has 1 amide bonds. The van der Waals surface area contributed by atoms with E-state index in [1.807, 2.05) is 0 Å². The lowest BCUT2D eigenvalue weighted by atomic mass is 10.2. The van der Waals surface area contributed by atoms with Gasteiger partial charge in [0.1, 0.15) is 17.8 Å². The van der Waals surface area contributed by atoms with E-state index in [0.29, 0.717) is 39.5 Å². The normalized spacial score (nSPS) is 12.7. The number of carbonyl (C=O) groups is 1. The predicted octanol–water partition coefficient (Wildman–Crippen LogP) is 2.03. The molecule has 0 radical (unpaired) electrons. The topological polar surface area (TPSA) is 151 Å². The number of nitrogens with zero attached hydrogens (tertiary/aromatic N) is 4. The van der Waals surface area contributed by atoms with Crippen molar-refractivity contribution in [3.63, 3.8) is 0 Å². The van der Waals surface area contributed by atoms with E-state index >= 15 is 0 Å². The minimum absolute atomic E-state index is 0.0954. The predicted molar refractivity (Wildman–Crippen MR) is 132 cm³/mol. The fraction of sp³-hybridized carbons (Fsp3) is 0.400. The number of rotatable bonds is 9. The maximum atomic E-state index is 11.9. The lowest BCUT2D eigenvalue weighted by Crippen LogP contribution is -2.34.